The summed E-state index contributed by atoms with van der Waals surface area (Å²) in [5.74, 6) is 0.838. The zero-order valence-corrected chi connectivity index (χ0v) is 7.40. The number of benzene rings is 1. The lowest BCUT2D eigenvalue weighted by Gasteiger charge is -2.00. The molecule has 1 aromatic carbocycles. The maximum Gasteiger partial charge on any atom is 0.0702 e. The van der Waals surface area contributed by atoms with Gasteiger partial charge in [0.1, 0.15) is 0 Å². The standard InChI is InChI=1S/C12H11N/c1-2-11-8-10(9-3-4-9)5-6-12(11)13-7-1/h1-2,5-9H,3-4H2. The fourth-order valence-corrected chi connectivity index (χ4v) is 1.76. The molecule has 1 aliphatic carbocycles. The summed E-state index contributed by atoms with van der Waals surface area (Å²) in [6.07, 6.45) is 4.58. The molecule has 0 N–H and O–H groups in total. The number of aromatic nitrogens is 1. The molecule has 0 aliphatic heterocycles. The Morgan fingerprint density at radius 3 is 2.92 bits per heavy atom. The van der Waals surface area contributed by atoms with Gasteiger partial charge in [0.2, 0.25) is 0 Å². The van der Waals surface area contributed by atoms with Crippen molar-refractivity contribution in [2.45, 2.75) is 18.8 Å². The number of rotatable bonds is 1. The van der Waals surface area contributed by atoms with Crippen LogP contribution in [0.4, 0.5) is 0 Å². The van der Waals surface area contributed by atoms with Gasteiger partial charge >= 0.3 is 0 Å². The first-order chi connectivity index (χ1) is 6.43. The molecule has 13 heavy (non-hydrogen) atoms. The van der Waals surface area contributed by atoms with Crippen molar-refractivity contribution in [3.05, 3.63) is 42.1 Å². The molecule has 0 unspecified atom stereocenters. The average Bonchev–Trinajstić information content (AvgIpc) is 3.00. The topological polar surface area (TPSA) is 12.9 Å². The summed E-state index contributed by atoms with van der Waals surface area (Å²) in [5, 5.41) is 1.27. The minimum absolute atomic E-state index is 0.838. The second kappa shape index (κ2) is 2.56. The van der Waals surface area contributed by atoms with Crippen LogP contribution in [0.5, 0.6) is 0 Å². The summed E-state index contributed by atoms with van der Waals surface area (Å²) in [7, 11) is 0. The molecule has 0 spiro atoms. The summed E-state index contributed by atoms with van der Waals surface area (Å²) in [6.45, 7) is 0. The smallest absolute Gasteiger partial charge is 0.0702 e. The van der Waals surface area contributed by atoms with Crippen molar-refractivity contribution in [1.29, 1.82) is 0 Å². The normalized spacial score (nSPS) is 16.3. The van der Waals surface area contributed by atoms with Crippen molar-refractivity contribution in [3.8, 4) is 0 Å². The van der Waals surface area contributed by atoms with Crippen LogP contribution in [-0.4, -0.2) is 4.98 Å². The van der Waals surface area contributed by atoms with Crippen LogP contribution in [0, 0.1) is 0 Å². The van der Waals surface area contributed by atoms with Crippen LogP contribution >= 0.6 is 0 Å². The number of fused-ring (bicyclic) bond motifs is 1. The molecular formula is C12H11N. The lowest BCUT2D eigenvalue weighted by atomic mass is 10.1. The maximum atomic E-state index is 4.30. The quantitative estimate of drug-likeness (QED) is 0.639. The molecule has 3 rings (SSSR count). The van der Waals surface area contributed by atoms with Gasteiger partial charge in [-0.3, -0.25) is 4.98 Å². The zero-order valence-electron chi connectivity index (χ0n) is 7.40. The Morgan fingerprint density at radius 1 is 1.15 bits per heavy atom. The Morgan fingerprint density at radius 2 is 2.08 bits per heavy atom. The first kappa shape index (κ1) is 7.07. The van der Waals surface area contributed by atoms with E-state index < -0.39 is 0 Å². The Kier molecular flexibility index (Phi) is 1.39. The number of hydrogen-bond donors (Lipinski definition) is 0. The van der Waals surface area contributed by atoms with E-state index in [4.69, 9.17) is 0 Å². The van der Waals surface area contributed by atoms with Crippen molar-refractivity contribution in [2.75, 3.05) is 0 Å². The molecular weight excluding hydrogens is 158 g/mol. The lowest BCUT2D eigenvalue weighted by molar-refractivity contribution is 1.13. The van der Waals surface area contributed by atoms with E-state index in [0.717, 1.165) is 11.4 Å². The van der Waals surface area contributed by atoms with Gasteiger partial charge in [-0.05, 0) is 42.5 Å². The van der Waals surface area contributed by atoms with Crippen LogP contribution in [0.25, 0.3) is 10.9 Å². The Hall–Kier alpha value is -1.37. The molecule has 0 bridgehead atoms. The van der Waals surface area contributed by atoms with Crippen molar-refractivity contribution in [1.82, 2.24) is 4.98 Å². The monoisotopic (exact) mass is 169 g/mol. The van der Waals surface area contributed by atoms with Crippen LogP contribution < -0.4 is 0 Å². The van der Waals surface area contributed by atoms with E-state index in [1.807, 2.05) is 12.3 Å². The predicted octanol–water partition coefficient (Wildman–Crippen LogP) is 3.11. The molecule has 0 radical (unpaired) electrons. The van der Waals surface area contributed by atoms with Gasteiger partial charge in [0.05, 0.1) is 5.52 Å². The van der Waals surface area contributed by atoms with Crippen LogP contribution in [0.3, 0.4) is 0 Å². The third kappa shape index (κ3) is 1.21. The highest BCUT2D eigenvalue weighted by Crippen LogP contribution is 2.40. The number of hydrogen-bond acceptors (Lipinski definition) is 1. The summed E-state index contributed by atoms with van der Waals surface area (Å²) in [6, 6.07) is 10.8. The molecule has 2 aromatic rings. The third-order valence-corrected chi connectivity index (χ3v) is 2.68. The van der Waals surface area contributed by atoms with Crippen molar-refractivity contribution in [3.63, 3.8) is 0 Å². The fraction of sp³-hybridized carbons (Fsp3) is 0.250. The van der Waals surface area contributed by atoms with E-state index in [0.29, 0.717) is 0 Å². The lowest BCUT2D eigenvalue weighted by Crippen LogP contribution is -1.81. The van der Waals surface area contributed by atoms with Crippen LogP contribution in [0.1, 0.15) is 24.3 Å². The Balaban J connectivity index is 2.21. The van der Waals surface area contributed by atoms with E-state index in [1.165, 1.54) is 23.8 Å². The average molecular weight is 169 g/mol. The molecule has 1 fully saturated rings. The Bertz CT molecular complexity index is 444. The van der Waals surface area contributed by atoms with Crippen molar-refractivity contribution >= 4 is 10.9 Å². The van der Waals surface area contributed by atoms with Gasteiger partial charge in [-0.15, -0.1) is 0 Å². The van der Waals surface area contributed by atoms with Gasteiger partial charge in [-0.1, -0.05) is 12.1 Å². The minimum atomic E-state index is 0.838. The fourth-order valence-electron chi connectivity index (χ4n) is 1.76. The van der Waals surface area contributed by atoms with E-state index in [2.05, 4.69) is 29.2 Å². The van der Waals surface area contributed by atoms with E-state index in [9.17, 15) is 0 Å². The highest BCUT2D eigenvalue weighted by atomic mass is 14.6. The van der Waals surface area contributed by atoms with Gasteiger partial charge in [0, 0.05) is 11.6 Å². The molecule has 1 aliphatic rings. The van der Waals surface area contributed by atoms with E-state index in [1.54, 1.807) is 0 Å². The molecule has 0 saturated heterocycles. The SMILES string of the molecule is c1cnc2ccc(C3CC3)cc2c1. The highest BCUT2D eigenvalue weighted by Gasteiger charge is 2.23. The molecule has 64 valence electrons. The minimum Gasteiger partial charge on any atom is -0.256 e. The van der Waals surface area contributed by atoms with E-state index in [-0.39, 0.29) is 0 Å². The van der Waals surface area contributed by atoms with Crippen LogP contribution in [-0.2, 0) is 0 Å². The first-order valence-corrected chi connectivity index (χ1v) is 4.78. The number of pyridine rings is 1. The van der Waals surface area contributed by atoms with Crippen molar-refractivity contribution in [2.24, 2.45) is 0 Å². The number of nitrogens with zero attached hydrogens (tertiary/aromatic N) is 1. The van der Waals surface area contributed by atoms with E-state index >= 15 is 0 Å². The molecule has 1 nitrogen and oxygen atoms in total. The molecule has 0 amide bonds. The van der Waals surface area contributed by atoms with Gasteiger partial charge in [0.15, 0.2) is 0 Å². The first-order valence-electron chi connectivity index (χ1n) is 4.78. The Labute approximate surface area is 77.4 Å². The van der Waals surface area contributed by atoms with Gasteiger partial charge < -0.3 is 0 Å². The summed E-state index contributed by atoms with van der Waals surface area (Å²) >= 11 is 0. The van der Waals surface area contributed by atoms with Gasteiger partial charge in [-0.2, -0.15) is 0 Å². The largest absolute Gasteiger partial charge is 0.256 e. The molecule has 1 heterocycles. The predicted molar refractivity (Wildman–Crippen MR) is 53.7 cm³/mol. The van der Waals surface area contributed by atoms with Crippen molar-refractivity contribution < 1.29 is 0 Å². The second-order valence-corrected chi connectivity index (χ2v) is 3.73. The van der Waals surface area contributed by atoms with Crippen LogP contribution in [0.2, 0.25) is 0 Å². The van der Waals surface area contributed by atoms with Crippen LogP contribution in [0.15, 0.2) is 36.5 Å². The molecule has 1 saturated carbocycles. The molecule has 1 aromatic heterocycles. The maximum absolute atomic E-state index is 4.30. The van der Waals surface area contributed by atoms with Gasteiger partial charge in [-0.25, -0.2) is 0 Å². The summed E-state index contributed by atoms with van der Waals surface area (Å²) < 4.78 is 0. The molecule has 1 heteroatoms. The highest BCUT2D eigenvalue weighted by molar-refractivity contribution is 5.79. The second-order valence-electron chi connectivity index (χ2n) is 3.73. The zero-order chi connectivity index (χ0) is 8.67. The van der Waals surface area contributed by atoms with Gasteiger partial charge in [0.25, 0.3) is 0 Å². The summed E-state index contributed by atoms with van der Waals surface area (Å²) in [4.78, 5) is 4.30. The third-order valence-electron chi connectivity index (χ3n) is 2.68. The molecule has 0 atom stereocenters. The summed E-state index contributed by atoms with van der Waals surface area (Å²) in [5.41, 5.74) is 2.59.